The van der Waals surface area contributed by atoms with Crippen LogP contribution in [0, 0.1) is 0 Å². The van der Waals surface area contributed by atoms with Crippen LogP contribution in [0.4, 0.5) is 5.82 Å². The van der Waals surface area contributed by atoms with E-state index in [-0.39, 0.29) is 15.7 Å². The molecule has 2 amide bonds. The van der Waals surface area contributed by atoms with E-state index in [2.05, 4.69) is 4.98 Å². The van der Waals surface area contributed by atoms with Crippen molar-refractivity contribution in [2.45, 2.75) is 4.90 Å². The van der Waals surface area contributed by atoms with Crippen molar-refractivity contribution in [2.24, 2.45) is 0 Å². The molecule has 1 aliphatic rings. The summed E-state index contributed by atoms with van der Waals surface area (Å²) < 4.78 is 25.1. The SMILES string of the molecule is Nc1ncc(S(=O)(=O)N2CC(=O)NC(=O)C2)cc1Cl. The quantitative estimate of drug-likeness (QED) is 0.673. The maximum atomic E-state index is 12.2. The molecular formula is C9H9ClN4O4S. The Bertz CT molecular complexity index is 644. The van der Waals surface area contributed by atoms with Crippen LogP contribution < -0.4 is 11.1 Å². The Morgan fingerprint density at radius 3 is 2.42 bits per heavy atom. The molecule has 102 valence electrons. The first-order valence-corrected chi connectivity index (χ1v) is 6.86. The molecule has 0 atom stereocenters. The summed E-state index contributed by atoms with van der Waals surface area (Å²) in [5.74, 6) is -1.38. The topological polar surface area (TPSA) is 122 Å². The van der Waals surface area contributed by atoms with Crippen molar-refractivity contribution in [3.05, 3.63) is 17.3 Å². The second-order valence-corrected chi connectivity index (χ2v) is 6.13. The molecule has 0 aliphatic carbocycles. The number of aromatic nitrogens is 1. The van der Waals surface area contributed by atoms with Gasteiger partial charge in [0.25, 0.3) is 0 Å². The van der Waals surface area contributed by atoms with E-state index in [1.807, 2.05) is 5.32 Å². The minimum Gasteiger partial charge on any atom is -0.382 e. The summed E-state index contributed by atoms with van der Waals surface area (Å²) in [6.45, 7) is -0.869. The van der Waals surface area contributed by atoms with Gasteiger partial charge in [0.05, 0.1) is 18.1 Å². The molecule has 10 heteroatoms. The molecular weight excluding hydrogens is 296 g/mol. The van der Waals surface area contributed by atoms with E-state index in [1.165, 1.54) is 0 Å². The normalized spacial score (nSPS) is 17.3. The number of hydrogen-bond acceptors (Lipinski definition) is 6. The number of nitrogen functional groups attached to an aromatic ring is 1. The molecule has 0 aromatic carbocycles. The van der Waals surface area contributed by atoms with Crippen molar-refractivity contribution in [1.29, 1.82) is 0 Å². The minimum atomic E-state index is -4.02. The number of rotatable bonds is 2. The predicted octanol–water partition coefficient (Wildman–Crippen LogP) is -1.04. The number of nitrogens with zero attached hydrogens (tertiary/aromatic N) is 2. The number of amides is 2. The minimum absolute atomic E-state index is 0.00641. The van der Waals surface area contributed by atoms with Crippen LogP contribution in [0.15, 0.2) is 17.2 Å². The summed E-state index contributed by atoms with van der Waals surface area (Å²) >= 11 is 5.70. The molecule has 1 aromatic rings. The average Bonchev–Trinajstić information content (AvgIpc) is 2.31. The van der Waals surface area contributed by atoms with Gasteiger partial charge in [-0.05, 0) is 6.07 Å². The lowest BCUT2D eigenvalue weighted by molar-refractivity contribution is -0.134. The lowest BCUT2D eigenvalue weighted by Gasteiger charge is -2.24. The highest BCUT2D eigenvalue weighted by atomic mass is 35.5. The van der Waals surface area contributed by atoms with E-state index in [0.29, 0.717) is 0 Å². The second-order valence-electron chi connectivity index (χ2n) is 3.78. The Kier molecular flexibility index (Phi) is 3.43. The molecule has 1 aliphatic heterocycles. The van der Waals surface area contributed by atoms with E-state index in [4.69, 9.17) is 17.3 Å². The fourth-order valence-electron chi connectivity index (χ4n) is 1.50. The van der Waals surface area contributed by atoms with Gasteiger partial charge in [-0.3, -0.25) is 14.9 Å². The summed E-state index contributed by atoms with van der Waals surface area (Å²) in [6, 6.07) is 1.12. The maximum Gasteiger partial charge on any atom is 0.245 e. The van der Waals surface area contributed by atoms with Crippen LogP contribution in [0.1, 0.15) is 0 Å². The zero-order valence-corrected chi connectivity index (χ0v) is 11.0. The molecule has 0 saturated carbocycles. The van der Waals surface area contributed by atoms with Crippen LogP contribution in [0.2, 0.25) is 5.02 Å². The van der Waals surface area contributed by atoms with Crippen LogP contribution in [0.5, 0.6) is 0 Å². The van der Waals surface area contributed by atoms with Crippen molar-refractivity contribution in [3.63, 3.8) is 0 Å². The molecule has 2 rings (SSSR count). The van der Waals surface area contributed by atoms with E-state index >= 15 is 0 Å². The van der Waals surface area contributed by atoms with Crippen molar-refractivity contribution in [3.8, 4) is 0 Å². The third kappa shape index (κ3) is 2.67. The predicted molar refractivity (Wildman–Crippen MR) is 65.6 cm³/mol. The molecule has 2 heterocycles. The molecule has 1 saturated heterocycles. The highest BCUT2D eigenvalue weighted by Gasteiger charge is 2.33. The van der Waals surface area contributed by atoms with Gasteiger partial charge < -0.3 is 5.73 Å². The maximum absolute atomic E-state index is 12.2. The third-order valence-electron chi connectivity index (χ3n) is 2.40. The molecule has 8 nitrogen and oxygen atoms in total. The first kappa shape index (κ1) is 13.7. The average molecular weight is 305 g/mol. The van der Waals surface area contributed by atoms with Gasteiger partial charge in [0.1, 0.15) is 10.7 Å². The number of sulfonamides is 1. The molecule has 1 aromatic heterocycles. The molecule has 0 unspecified atom stereocenters. The van der Waals surface area contributed by atoms with Crippen molar-refractivity contribution in [1.82, 2.24) is 14.6 Å². The number of imide groups is 1. The van der Waals surface area contributed by atoms with Crippen LogP contribution in [0.25, 0.3) is 0 Å². The van der Waals surface area contributed by atoms with Gasteiger partial charge in [-0.25, -0.2) is 13.4 Å². The lowest BCUT2D eigenvalue weighted by atomic mass is 10.4. The Hall–Kier alpha value is -1.71. The molecule has 1 fully saturated rings. The number of anilines is 1. The monoisotopic (exact) mass is 304 g/mol. The number of carbonyl (C=O) groups excluding carboxylic acids is 2. The van der Waals surface area contributed by atoms with Crippen LogP contribution >= 0.6 is 11.6 Å². The fraction of sp³-hybridized carbons (Fsp3) is 0.222. The van der Waals surface area contributed by atoms with E-state index in [9.17, 15) is 18.0 Å². The largest absolute Gasteiger partial charge is 0.382 e. The van der Waals surface area contributed by atoms with Crippen LogP contribution in [-0.4, -0.2) is 42.6 Å². The zero-order valence-electron chi connectivity index (χ0n) is 9.46. The number of nitrogens with one attached hydrogen (secondary N) is 1. The van der Waals surface area contributed by atoms with Gasteiger partial charge in [-0.1, -0.05) is 11.6 Å². The van der Waals surface area contributed by atoms with Crippen LogP contribution in [-0.2, 0) is 19.6 Å². The molecule has 3 N–H and O–H groups in total. The first-order chi connectivity index (χ1) is 8.80. The fourth-order valence-corrected chi connectivity index (χ4v) is 3.06. The zero-order chi connectivity index (χ0) is 14.2. The van der Waals surface area contributed by atoms with Crippen molar-refractivity contribution < 1.29 is 18.0 Å². The van der Waals surface area contributed by atoms with Gasteiger partial charge in [0, 0.05) is 6.20 Å². The van der Waals surface area contributed by atoms with Crippen LogP contribution in [0.3, 0.4) is 0 Å². The number of carbonyl (C=O) groups is 2. The Labute approximate surface area is 113 Å². The number of hydrogen-bond donors (Lipinski definition) is 2. The number of piperazine rings is 1. The van der Waals surface area contributed by atoms with Gasteiger partial charge in [0.15, 0.2) is 0 Å². The first-order valence-electron chi connectivity index (χ1n) is 5.04. The molecule has 0 spiro atoms. The molecule has 0 bridgehead atoms. The summed E-state index contributed by atoms with van der Waals surface area (Å²) in [5, 5.41) is 1.99. The summed E-state index contributed by atoms with van der Waals surface area (Å²) in [7, 11) is -4.02. The second kappa shape index (κ2) is 4.76. The summed E-state index contributed by atoms with van der Waals surface area (Å²) in [4.78, 5) is 25.8. The number of nitrogens with two attached hydrogens (primary N) is 1. The van der Waals surface area contributed by atoms with E-state index in [1.54, 1.807) is 0 Å². The molecule has 0 radical (unpaired) electrons. The van der Waals surface area contributed by atoms with Gasteiger partial charge >= 0.3 is 0 Å². The highest BCUT2D eigenvalue weighted by Crippen LogP contribution is 2.22. The Morgan fingerprint density at radius 2 is 1.89 bits per heavy atom. The van der Waals surface area contributed by atoms with Crippen molar-refractivity contribution >= 4 is 39.3 Å². The van der Waals surface area contributed by atoms with Gasteiger partial charge in [-0.2, -0.15) is 4.31 Å². The number of pyridine rings is 1. The smallest absolute Gasteiger partial charge is 0.245 e. The Morgan fingerprint density at radius 1 is 1.32 bits per heavy atom. The Balaban J connectivity index is 2.39. The highest BCUT2D eigenvalue weighted by molar-refractivity contribution is 7.89. The van der Waals surface area contributed by atoms with E-state index in [0.717, 1.165) is 16.6 Å². The third-order valence-corrected chi connectivity index (χ3v) is 4.46. The summed E-state index contributed by atoms with van der Waals surface area (Å²) in [5.41, 5.74) is 5.38. The molecule has 19 heavy (non-hydrogen) atoms. The summed E-state index contributed by atoms with van der Waals surface area (Å²) in [6.07, 6.45) is 1.02. The lowest BCUT2D eigenvalue weighted by Crippen LogP contribution is -2.53. The number of halogens is 1. The standard InChI is InChI=1S/C9H9ClN4O4S/c10-6-1-5(2-12-9(6)11)19(17,18)14-3-7(15)13-8(16)4-14/h1-2H,3-4H2,(H2,11,12)(H,13,15,16). The van der Waals surface area contributed by atoms with E-state index < -0.39 is 34.9 Å². The van der Waals surface area contributed by atoms with Gasteiger partial charge in [-0.15, -0.1) is 0 Å². The van der Waals surface area contributed by atoms with Crippen molar-refractivity contribution in [2.75, 3.05) is 18.8 Å². The van der Waals surface area contributed by atoms with Gasteiger partial charge in [0.2, 0.25) is 21.8 Å².